The van der Waals surface area contributed by atoms with Crippen molar-refractivity contribution in [3.05, 3.63) is 30.4 Å². The molecule has 114 valence electrons. The van der Waals surface area contributed by atoms with Crippen LogP contribution in [0.4, 0.5) is 0 Å². The third kappa shape index (κ3) is 3.04. The monoisotopic (exact) mass is 287 g/mol. The minimum Gasteiger partial charge on any atom is -0.340 e. The zero-order valence-corrected chi connectivity index (χ0v) is 12.9. The van der Waals surface area contributed by atoms with E-state index in [1.54, 1.807) is 0 Å². The molecule has 1 aromatic heterocycles. The number of likely N-dealkylation sites (tertiary alicyclic amines) is 1. The highest BCUT2D eigenvalue weighted by Crippen LogP contribution is 2.27. The number of hydrogen-bond donors (Lipinski definition) is 0. The van der Waals surface area contributed by atoms with Gasteiger partial charge in [0.25, 0.3) is 0 Å². The van der Waals surface area contributed by atoms with Gasteiger partial charge in [0, 0.05) is 37.8 Å². The molecule has 0 saturated carbocycles. The molecule has 0 N–H and O–H groups in total. The molecule has 0 spiro atoms. The second kappa shape index (κ2) is 6.46. The van der Waals surface area contributed by atoms with Gasteiger partial charge in [-0.05, 0) is 32.1 Å². The van der Waals surface area contributed by atoms with Gasteiger partial charge in [0.2, 0.25) is 5.91 Å². The summed E-state index contributed by atoms with van der Waals surface area (Å²) in [5, 5.41) is 0. The average molecular weight is 287 g/mol. The molecule has 4 nitrogen and oxygen atoms in total. The first kappa shape index (κ1) is 14.4. The molecule has 1 aliphatic carbocycles. The van der Waals surface area contributed by atoms with E-state index in [1.807, 2.05) is 6.20 Å². The number of imidazole rings is 1. The molecular formula is C17H25N3O. The van der Waals surface area contributed by atoms with Gasteiger partial charge in [0.15, 0.2) is 0 Å². The standard InChI is InChI=1S/C17H25N3O/c1-2-16-18-10-12-20(16)15-9-6-11-19(13-15)17(21)14-7-4-3-5-8-14/h3-4,10,12,14-15H,2,5-9,11,13H2,1H3/t14-,15+/m1/s1. The van der Waals surface area contributed by atoms with Crippen molar-refractivity contribution in [2.75, 3.05) is 13.1 Å². The first-order chi connectivity index (χ1) is 10.3. The highest BCUT2D eigenvalue weighted by Gasteiger charge is 2.29. The van der Waals surface area contributed by atoms with Crippen molar-refractivity contribution in [1.82, 2.24) is 14.5 Å². The normalized spacial score (nSPS) is 26.0. The molecule has 2 aliphatic rings. The fourth-order valence-corrected chi connectivity index (χ4v) is 3.61. The Kier molecular flexibility index (Phi) is 4.42. The number of hydrogen-bond acceptors (Lipinski definition) is 2. The minimum absolute atomic E-state index is 0.210. The Morgan fingerprint density at radius 3 is 3.05 bits per heavy atom. The molecule has 0 unspecified atom stereocenters. The van der Waals surface area contributed by atoms with Gasteiger partial charge in [0.1, 0.15) is 5.82 Å². The fourth-order valence-electron chi connectivity index (χ4n) is 3.61. The zero-order valence-electron chi connectivity index (χ0n) is 12.9. The number of piperidine rings is 1. The van der Waals surface area contributed by atoms with E-state index >= 15 is 0 Å². The van der Waals surface area contributed by atoms with E-state index < -0.39 is 0 Å². The number of carbonyl (C=O) groups excluding carboxylic acids is 1. The van der Waals surface area contributed by atoms with E-state index in [0.717, 1.165) is 57.4 Å². The number of aryl methyl sites for hydroxylation is 1. The Hall–Kier alpha value is -1.58. The smallest absolute Gasteiger partial charge is 0.226 e. The van der Waals surface area contributed by atoms with Crippen LogP contribution in [0.2, 0.25) is 0 Å². The van der Waals surface area contributed by atoms with Crippen LogP contribution >= 0.6 is 0 Å². The summed E-state index contributed by atoms with van der Waals surface area (Å²) >= 11 is 0. The summed E-state index contributed by atoms with van der Waals surface area (Å²) in [5.74, 6) is 1.71. The minimum atomic E-state index is 0.210. The van der Waals surface area contributed by atoms with E-state index in [1.165, 1.54) is 0 Å². The molecule has 4 heteroatoms. The van der Waals surface area contributed by atoms with Crippen LogP contribution in [0, 0.1) is 5.92 Å². The lowest BCUT2D eigenvalue weighted by molar-refractivity contribution is -0.137. The molecule has 2 atom stereocenters. The predicted octanol–water partition coefficient (Wildman–Crippen LogP) is 2.97. The number of aromatic nitrogens is 2. The van der Waals surface area contributed by atoms with Crippen molar-refractivity contribution in [2.45, 2.75) is 51.5 Å². The molecule has 1 aromatic rings. The fraction of sp³-hybridized carbons (Fsp3) is 0.647. The first-order valence-electron chi connectivity index (χ1n) is 8.25. The Labute approximate surface area is 126 Å². The van der Waals surface area contributed by atoms with Gasteiger partial charge >= 0.3 is 0 Å². The maximum absolute atomic E-state index is 12.7. The molecule has 0 bridgehead atoms. The number of nitrogens with zero attached hydrogens (tertiary/aromatic N) is 3. The lowest BCUT2D eigenvalue weighted by Gasteiger charge is -2.36. The van der Waals surface area contributed by atoms with Gasteiger partial charge in [-0.2, -0.15) is 0 Å². The number of rotatable bonds is 3. The lowest BCUT2D eigenvalue weighted by Crippen LogP contribution is -2.43. The molecule has 1 fully saturated rings. The highest BCUT2D eigenvalue weighted by atomic mass is 16.2. The van der Waals surface area contributed by atoms with Crippen molar-refractivity contribution >= 4 is 5.91 Å². The van der Waals surface area contributed by atoms with E-state index in [-0.39, 0.29) is 5.92 Å². The number of amides is 1. The van der Waals surface area contributed by atoms with Crippen LogP contribution in [0.25, 0.3) is 0 Å². The van der Waals surface area contributed by atoms with Crippen molar-refractivity contribution in [3.8, 4) is 0 Å². The van der Waals surface area contributed by atoms with E-state index in [9.17, 15) is 4.79 Å². The molecule has 1 amide bonds. The van der Waals surface area contributed by atoms with Gasteiger partial charge < -0.3 is 9.47 Å². The molecular weight excluding hydrogens is 262 g/mol. The van der Waals surface area contributed by atoms with Crippen molar-refractivity contribution in [2.24, 2.45) is 5.92 Å². The Balaban J connectivity index is 1.68. The van der Waals surface area contributed by atoms with Gasteiger partial charge in [-0.15, -0.1) is 0 Å². The highest BCUT2D eigenvalue weighted by molar-refractivity contribution is 5.79. The van der Waals surface area contributed by atoms with E-state index in [0.29, 0.717) is 11.9 Å². The summed E-state index contributed by atoms with van der Waals surface area (Å²) < 4.78 is 2.28. The second-order valence-electron chi connectivity index (χ2n) is 6.17. The Morgan fingerprint density at radius 2 is 2.29 bits per heavy atom. The summed E-state index contributed by atoms with van der Waals surface area (Å²) in [6.07, 6.45) is 14.5. The van der Waals surface area contributed by atoms with Crippen molar-refractivity contribution in [1.29, 1.82) is 0 Å². The maximum Gasteiger partial charge on any atom is 0.226 e. The van der Waals surface area contributed by atoms with Crippen LogP contribution in [-0.4, -0.2) is 33.4 Å². The second-order valence-corrected chi connectivity index (χ2v) is 6.17. The third-order valence-corrected chi connectivity index (χ3v) is 4.78. The Morgan fingerprint density at radius 1 is 1.38 bits per heavy atom. The largest absolute Gasteiger partial charge is 0.340 e. The SMILES string of the molecule is CCc1nccn1[C@H]1CCCN(C(=O)[C@@H]2CC=CCC2)C1. The van der Waals surface area contributed by atoms with Gasteiger partial charge in [-0.3, -0.25) is 4.79 Å². The molecule has 3 rings (SSSR count). The van der Waals surface area contributed by atoms with Crippen LogP contribution in [-0.2, 0) is 11.2 Å². The zero-order chi connectivity index (χ0) is 14.7. The topological polar surface area (TPSA) is 38.1 Å². The average Bonchev–Trinajstić information content (AvgIpc) is 3.04. The summed E-state index contributed by atoms with van der Waals surface area (Å²) in [6.45, 7) is 3.91. The molecule has 0 radical (unpaired) electrons. The maximum atomic E-state index is 12.7. The Bertz CT molecular complexity index is 520. The van der Waals surface area contributed by atoms with Crippen molar-refractivity contribution < 1.29 is 4.79 Å². The summed E-state index contributed by atoms with van der Waals surface area (Å²) in [7, 11) is 0. The van der Waals surface area contributed by atoms with Crippen LogP contribution in [0.15, 0.2) is 24.5 Å². The summed E-state index contributed by atoms with van der Waals surface area (Å²) in [6, 6.07) is 0.402. The third-order valence-electron chi connectivity index (χ3n) is 4.78. The molecule has 2 heterocycles. The first-order valence-corrected chi connectivity index (χ1v) is 8.25. The predicted molar refractivity (Wildman–Crippen MR) is 82.9 cm³/mol. The van der Waals surface area contributed by atoms with Crippen LogP contribution in [0.1, 0.15) is 50.9 Å². The van der Waals surface area contributed by atoms with Gasteiger partial charge in [-0.25, -0.2) is 4.98 Å². The molecule has 1 saturated heterocycles. The van der Waals surface area contributed by atoms with Crippen LogP contribution in [0.3, 0.4) is 0 Å². The summed E-state index contributed by atoms with van der Waals surface area (Å²) in [4.78, 5) is 19.2. The van der Waals surface area contributed by atoms with Gasteiger partial charge in [-0.1, -0.05) is 19.1 Å². The van der Waals surface area contributed by atoms with E-state index in [2.05, 4.69) is 39.7 Å². The molecule has 1 aliphatic heterocycles. The molecule has 0 aromatic carbocycles. The van der Waals surface area contributed by atoms with Crippen molar-refractivity contribution in [3.63, 3.8) is 0 Å². The number of allylic oxidation sites excluding steroid dienone is 2. The van der Waals surface area contributed by atoms with Gasteiger partial charge in [0.05, 0.1) is 6.04 Å². The summed E-state index contributed by atoms with van der Waals surface area (Å²) in [5.41, 5.74) is 0. The van der Waals surface area contributed by atoms with Crippen LogP contribution in [0.5, 0.6) is 0 Å². The number of carbonyl (C=O) groups is 1. The molecule has 21 heavy (non-hydrogen) atoms. The van der Waals surface area contributed by atoms with E-state index in [4.69, 9.17) is 0 Å². The van der Waals surface area contributed by atoms with Crippen LogP contribution < -0.4 is 0 Å². The lowest BCUT2D eigenvalue weighted by atomic mass is 9.92. The quantitative estimate of drug-likeness (QED) is 0.802.